The number of benzene rings is 4. The molecule has 2 atom stereocenters. The average molecular weight is 421 g/mol. The van der Waals surface area contributed by atoms with Crippen molar-refractivity contribution in [2.75, 3.05) is 0 Å². The van der Waals surface area contributed by atoms with Crippen LogP contribution in [0.2, 0.25) is 0 Å². The molecule has 2 unspecified atom stereocenters. The maximum atomic E-state index is 3.85. The van der Waals surface area contributed by atoms with E-state index < -0.39 is 0 Å². The summed E-state index contributed by atoms with van der Waals surface area (Å²) in [6, 6.07) is 39.3. The summed E-state index contributed by atoms with van der Waals surface area (Å²) in [4.78, 5) is 0. The fourth-order valence-electron chi connectivity index (χ4n) is 4.04. The van der Waals surface area contributed by atoms with Gasteiger partial charge in [-0.3, -0.25) is 0 Å². The monoisotopic (exact) mass is 420 g/mol. The van der Waals surface area contributed by atoms with Crippen molar-refractivity contribution < 1.29 is 0 Å². The van der Waals surface area contributed by atoms with Gasteiger partial charge in [-0.1, -0.05) is 120 Å². The van der Waals surface area contributed by atoms with Crippen LogP contribution in [0, 0.1) is 13.8 Å². The largest absolute Gasteiger partial charge is 0.304 e. The van der Waals surface area contributed by atoms with Crippen LogP contribution in [0.15, 0.2) is 109 Å². The summed E-state index contributed by atoms with van der Waals surface area (Å²) >= 11 is 0. The van der Waals surface area contributed by atoms with Gasteiger partial charge in [0.05, 0.1) is 12.1 Å². The number of rotatable bonds is 9. The van der Waals surface area contributed by atoms with Gasteiger partial charge in [-0.05, 0) is 36.1 Å². The van der Waals surface area contributed by atoms with Crippen molar-refractivity contribution >= 4 is 0 Å². The lowest BCUT2D eigenvalue weighted by molar-refractivity contribution is 0.381. The quantitative estimate of drug-likeness (QED) is 0.316. The second-order valence-corrected chi connectivity index (χ2v) is 8.51. The Hall–Kier alpha value is -3.20. The van der Waals surface area contributed by atoms with E-state index in [9.17, 15) is 0 Å². The van der Waals surface area contributed by atoms with Gasteiger partial charge in [-0.25, -0.2) is 0 Å². The molecule has 162 valence electrons. The highest BCUT2D eigenvalue weighted by Crippen LogP contribution is 2.30. The first kappa shape index (κ1) is 22.0. The van der Waals surface area contributed by atoms with Gasteiger partial charge >= 0.3 is 0 Å². The van der Waals surface area contributed by atoms with E-state index in [1.807, 2.05) is 0 Å². The maximum Gasteiger partial charge on any atom is 0.0521 e. The predicted octanol–water partition coefficient (Wildman–Crippen LogP) is 6.67. The first-order valence-corrected chi connectivity index (χ1v) is 11.4. The van der Waals surface area contributed by atoms with Gasteiger partial charge < -0.3 is 10.6 Å². The van der Waals surface area contributed by atoms with E-state index in [2.05, 4.69) is 134 Å². The fourth-order valence-corrected chi connectivity index (χ4v) is 4.04. The summed E-state index contributed by atoms with van der Waals surface area (Å²) < 4.78 is 0. The lowest BCUT2D eigenvalue weighted by Gasteiger charge is -2.30. The fraction of sp³-hybridized carbons (Fsp3) is 0.200. The highest BCUT2D eigenvalue weighted by molar-refractivity contribution is 5.29. The van der Waals surface area contributed by atoms with E-state index in [1.54, 1.807) is 0 Å². The van der Waals surface area contributed by atoms with E-state index in [0.717, 1.165) is 13.1 Å². The van der Waals surface area contributed by atoms with E-state index in [4.69, 9.17) is 0 Å². The lowest BCUT2D eigenvalue weighted by Crippen LogP contribution is -2.35. The van der Waals surface area contributed by atoms with Crippen molar-refractivity contribution in [2.45, 2.75) is 39.0 Å². The summed E-state index contributed by atoms with van der Waals surface area (Å²) in [6.07, 6.45) is 0. The van der Waals surface area contributed by atoms with Gasteiger partial charge in [-0.2, -0.15) is 0 Å². The maximum absolute atomic E-state index is 3.85. The van der Waals surface area contributed by atoms with Crippen LogP contribution in [0.3, 0.4) is 0 Å². The molecule has 2 heteroatoms. The smallest absolute Gasteiger partial charge is 0.0521 e. The van der Waals surface area contributed by atoms with Crippen LogP contribution in [-0.2, 0) is 13.1 Å². The van der Waals surface area contributed by atoms with Gasteiger partial charge in [0, 0.05) is 13.1 Å². The molecular weight excluding hydrogens is 388 g/mol. The minimum atomic E-state index is 0.130. The third kappa shape index (κ3) is 5.94. The predicted molar refractivity (Wildman–Crippen MR) is 134 cm³/mol. The molecule has 2 nitrogen and oxygen atoms in total. The zero-order valence-electron chi connectivity index (χ0n) is 19.0. The highest BCUT2D eigenvalue weighted by atomic mass is 15.0. The summed E-state index contributed by atoms with van der Waals surface area (Å²) in [5.41, 5.74) is 7.73. The topological polar surface area (TPSA) is 24.1 Å². The SMILES string of the molecule is Cc1ccc(CNC(c2ccccc2)C(NCc2ccc(C)cc2)c2ccccc2)cc1. The van der Waals surface area contributed by atoms with Gasteiger partial charge in [0.1, 0.15) is 0 Å². The minimum absolute atomic E-state index is 0.130. The van der Waals surface area contributed by atoms with Crippen LogP contribution in [0.5, 0.6) is 0 Å². The molecule has 0 aliphatic rings. The normalized spacial score (nSPS) is 12.9. The molecule has 0 saturated carbocycles. The molecule has 0 radical (unpaired) electrons. The Balaban J connectivity index is 1.62. The van der Waals surface area contributed by atoms with Gasteiger partial charge in [-0.15, -0.1) is 0 Å². The molecule has 0 aliphatic heterocycles. The van der Waals surface area contributed by atoms with E-state index in [-0.39, 0.29) is 12.1 Å². The van der Waals surface area contributed by atoms with E-state index in [1.165, 1.54) is 33.4 Å². The zero-order valence-corrected chi connectivity index (χ0v) is 19.0. The number of nitrogens with one attached hydrogen (secondary N) is 2. The van der Waals surface area contributed by atoms with Crippen molar-refractivity contribution in [1.29, 1.82) is 0 Å². The summed E-state index contributed by atoms with van der Waals surface area (Å²) in [5.74, 6) is 0. The molecule has 0 spiro atoms. The molecule has 4 aromatic rings. The number of aryl methyl sites for hydroxylation is 2. The van der Waals surface area contributed by atoms with Crippen LogP contribution in [0.4, 0.5) is 0 Å². The second kappa shape index (κ2) is 10.9. The molecule has 0 fully saturated rings. The van der Waals surface area contributed by atoms with Crippen LogP contribution >= 0.6 is 0 Å². The van der Waals surface area contributed by atoms with Crippen LogP contribution < -0.4 is 10.6 Å². The summed E-state index contributed by atoms with van der Waals surface area (Å²) in [6.45, 7) is 5.89. The molecule has 32 heavy (non-hydrogen) atoms. The summed E-state index contributed by atoms with van der Waals surface area (Å²) in [7, 11) is 0. The first-order chi connectivity index (χ1) is 15.7. The highest BCUT2D eigenvalue weighted by Gasteiger charge is 2.24. The molecule has 0 amide bonds. The average Bonchev–Trinajstić information content (AvgIpc) is 2.84. The number of hydrogen-bond donors (Lipinski definition) is 2. The molecular formula is C30H32N2. The van der Waals surface area contributed by atoms with Crippen LogP contribution in [0.1, 0.15) is 45.5 Å². The molecule has 0 aliphatic carbocycles. The Bertz CT molecular complexity index is 980. The Morgan fingerprint density at radius 3 is 1.16 bits per heavy atom. The molecule has 2 N–H and O–H groups in total. The standard InChI is InChI=1S/C30H32N2/c1-23-13-17-25(18-14-23)21-31-29(27-9-5-3-6-10-27)30(28-11-7-4-8-12-28)32-22-26-19-15-24(2)16-20-26/h3-20,29-32H,21-22H2,1-2H3. The Morgan fingerprint density at radius 2 is 0.812 bits per heavy atom. The first-order valence-electron chi connectivity index (χ1n) is 11.4. The third-order valence-corrected chi connectivity index (χ3v) is 5.94. The van der Waals surface area contributed by atoms with Gasteiger partial charge in [0.25, 0.3) is 0 Å². The minimum Gasteiger partial charge on any atom is -0.304 e. The number of hydrogen-bond acceptors (Lipinski definition) is 2. The molecule has 0 saturated heterocycles. The van der Waals surface area contributed by atoms with Gasteiger partial charge in [0.2, 0.25) is 0 Å². The van der Waals surface area contributed by atoms with Crippen molar-refractivity contribution in [3.05, 3.63) is 143 Å². The van der Waals surface area contributed by atoms with E-state index in [0.29, 0.717) is 0 Å². The Labute approximate surface area is 192 Å². The van der Waals surface area contributed by atoms with Crippen molar-refractivity contribution in [2.24, 2.45) is 0 Å². The second-order valence-electron chi connectivity index (χ2n) is 8.51. The molecule has 0 bridgehead atoms. The van der Waals surface area contributed by atoms with Crippen LogP contribution in [0.25, 0.3) is 0 Å². The molecule has 0 aromatic heterocycles. The van der Waals surface area contributed by atoms with Crippen molar-refractivity contribution in [3.8, 4) is 0 Å². The summed E-state index contributed by atoms with van der Waals surface area (Å²) in [5, 5.41) is 7.71. The van der Waals surface area contributed by atoms with Gasteiger partial charge in [0.15, 0.2) is 0 Å². The Kier molecular flexibility index (Phi) is 7.50. The third-order valence-electron chi connectivity index (χ3n) is 5.94. The zero-order chi connectivity index (χ0) is 22.2. The van der Waals surface area contributed by atoms with Crippen molar-refractivity contribution in [3.63, 3.8) is 0 Å². The van der Waals surface area contributed by atoms with Crippen molar-refractivity contribution in [1.82, 2.24) is 10.6 Å². The molecule has 0 heterocycles. The molecule has 4 aromatic carbocycles. The van der Waals surface area contributed by atoms with E-state index >= 15 is 0 Å². The van der Waals surface area contributed by atoms with Crippen LogP contribution in [-0.4, -0.2) is 0 Å². The lowest BCUT2D eigenvalue weighted by atomic mass is 9.92. The molecule has 4 rings (SSSR count). The Morgan fingerprint density at radius 1 is 0.469 bits per heavy atom.